The van der Waals surface area contributed by atoms with Gasteiger partial charge in [-0.25, -0.2) is 0 Å². The minimum Gasteiger partial charge on any atom is -0.313 e. The van der Waals surface area contributed by atoms with Crippen LogP contribution in [0.2, 0.25) is 5.02 Å². The van der Waals surface area contributed by atoms with Crippen molar-refractivity contribution in [2.24, 2.45) is 5.73 Å². The van der Waals surface area contributed by atoms with Crippen molar-refractivity contribution in [3.63, 3.8) is 0 Å². The van der Waals surface area contributed by atoms with Crippen LogP contribution in [-0.2, 0) is 6.54 Å². The molecule has 1 fully saturated rings. The van der Waals surface area contributed by atoms with Gasteiger partial charge in [-0.05, 0) is 30.7 Å². The molecule has 1 aliphatic heterocycles. The van der Waals surface area contributed by atoms with E-state index in [0.29, 0.717) is 0 Å². The molecule has 1 aliphatic rings. The number of benzene rings is 1. The van der Waals surface area contributed by atoms with Gasteiger partial charge < -0.3 is 5.73 Å². The predicted molar refractivity (Wildman–Crippen MR) is 79.9 cm³/mol. The predicted octanol–water partition coefficient (Wildman–Crippen LogP) is 1.36. The molecule has 0 radical (unpaired) electrons. The molecule has 19 heavy (non-hydrogen) atoms. The molecule has 4 nitrogen and oxygen atoms in total. The molecule has 1 heterocycles. The van der Waals surface area contributed by atoms with E-state index < -0.39 is 0 Å². The molecule has 0 aliphatic carbocycles. The van der Waals surface area contributed by atoms with Gasteiger partial charge in [-0.15, -0.1) is 0 Å². The van der Waals surface area contributed by atoms with Gasteiger partial charge in [0.1, 0.15) is 0 Å². The Labute approximate surface area is 120 Å². The van der Waals surface area contributed by atoms with E-state index in [9.17, 15) is 0 Å². The van der Waals surface area contributed by atoms with Gasteiger partial charge in [0, 0.05) is 24.7 Å². The van der Waals surface area contributed by atoms with E-state index >= 15 is 0 Å². The van der Waals surface area contributed by atoms with Crippen LogP contribution in [0.3, 0.4) is 0 Å². The number of nitrogens with zero attached hydrogens (tertiary/aromatic N) is 1. The molecular weight excluding hydrogens is 260 g/mol. The summed E-state index contributed by atoms with van der Waals surface area (Å²) in [4.78, 5) is 2.39. The average Bonchev–Trinajstić information content (AvgIpc) is 2.41. The molecule has 1 saturated heterocycles. The summed E-state index contributed by atoms with van der Waals surface area (Å²) in [5.74, 6) is 0. The van der Waals surface area contributed by atoms with Crippen LogP contribution in [0.1, 0.15) is 18.9 Å². The fraction of sp³-hybridized carbons (Fsp3) is 0.571. The second-order valence-electron chi connectivity index (χ2n) is 4.98. The Morgan fingerprint density at radius 2 is 1.95 bits per heavy atom. The summed E-state index contributed by atoms with van der Waals surface area (Å²) in [6, 6.07) is 8.03. The number of halogens is 1. The van der Waals surface area contributed by atoms with E-state index in [1.807, 2.05) is 12.1 Å². The Morgan fingerprint density at radius 1 is 1.26 bits per heavy atom. The summed E-state index contributed by atoms with van der Waals surface area (Å²) in [5, 5.41) is 7.59. The molecule has 0 bridgehead atoms. The number of hydrogen-bond acceptors (Lipinski definition) is 4. The van der Waals surface area contributed by atoms with Gasteiger partial charge in [0.2, 0.25) is 0 Å². The Balaban J connectivity index is 2.04. The summed E-state index contributed by atoms with van der Waals surface area (Å²) in [7, 11) is 0. The summed E-state index contributed by atoms with van der Waals surface area (Å²) < 4.78 is 0. The zero-order valence-corrected chi connectivity index (χ0v) is 12.2. The number of hydrogen-bond donors (Lipinski definition) is 3. The van der Waals surface area contributed by atoms with Crippen molar-refractivity contribution >= 4 is 11.6 Å². The average molecular weight is 283 g/mol. The van der Waals surface area contributed by atoms with Gasteiger partial charge in [-0.3, -0.25) is 15.5 Å². The Morgan fingerprint density at radius 3 is 2.58 bits per heavy atom. The lowest BCUT2D eigenvalue weighted by molar-refractivity contribution is 0.104. The van der Waals surface area contributed by atoms with E-state index in [-0.39, 0.29) is 12.3 Å². The van der Waals surface area contributed by atoms with Crippen molar-refractivity contribution in [2.45, 2.75) is 32.2 Å². The Kier molecular flexibility index (Phi) is 5.60. The fourth-order valence-electron chi connectivity index (χ4n) is 2.48. The van der Waals surface area contributed by atoms with E-state index in [1.165, 1.54) is 5.56 Å². The van der Waals surface area contributed by atoms with E-state index in [1.54, 1.807) is 0 Å². The third-order valence-electron chi connectivity index (χ3n) is 3.40. The van der Waals surface area contributed by atoms with E-state index in [0.717, 1.165) is 37.6 Å². The summed E-state index contributed by atoms with van der Waals surface area (Å²) in [6.07, 6.45) is 1.27. The monoisotopic (exact) mass is 282 g/mol. The highest BCUT2D eigenvalue weighted by Crippen LogP contribution is 2.14. The number of nitrogens with one attached hydrogen (secondary N) is 2. The third-order valence-corrected chi connectivity index (χ3v) is 3.65. The lowest BCUT2D eigenvalue weighted by Gasteiger charge is -2.39. The van der Waals surface area contributed by atoms with Crippen LogP contribution in [0.5, 0.6) is 0 Å². The molecule has 2 atom stereocenters. The lowest BCUT2D eigenvalue weighted by atomic mass is 10.1. The number of rotatable bonds is 5. The topological polar surface area (TPSA) is 53.3 Å². The lowest BCUT2D eigenvalue weighted by Crippen LogP contribution is -2.66. The second kappa shape index (κ2) is 7.22. The van der Waals surface area contributed by atoms with E-state index in [4.69, 9.17) is 17.3 Å². The van der Waals surface area contributed by atoms with Crippen molar-refractivity contribution in [1.82, 2.24) is 15.5 Å². The highest BCUT2D eigenvalue weighted by molar-refractivity contribution is 6.30. The first-order chi connectivity index (χ1) is 9.20. The molecule has 0 aromatic heterocycles. The SMILES string of the molecule is CCCN(Cc1ccc(Cl)cc1)C1NCCNC1N. The minimum absolute atomic E-state index is 0.0207. The maximum atomic E-state index is 6.15. The summed E-state index contributed by atoms with van der Waals surface area (Å²) >= 11 is 5.93. The smallest absolute Gasteiger partial charge is 0.0892 e. The normalized spacial score (nSPS) is 23.8. The van der Waals surface area contributed by atoms with Crippen LogP contribution in [-0.4, -0.2) is 36.9 Å². The number of piperazine rings is 1. The first-order valence-electron chi connectivity index (χ1n) is 6.91. The van der Waals surface area contributed by atoms with Gasteiger partial charge >= 0.3 is 0 Å². The largest absolute Gasteiger partial charge is 0.313 e. The maximum Gasteiger partial charge on any atom is 0.0892 e. The van der Waals surface area contributed by atoms with Gasteiger partial charge in [0.15, 0.2) is 0 Å². The standard InChI is InChI=1S/C14H23ClN4/c1-2-9-19(14-13(16)17-7-8-18-14)10-11-3-5-12(15)6-4-11/h3-6,13-14,17-18H,2,7-10,16H2,1H3. The third kappa shape index (κ3) is 4.16. The highest BCUT2D eigenvalue weighted by Gasteiger charge is 2.26. The zero-order chi connectivity index (χ0) is 13.7. The van der Waals surface area contributed by atoms with Crippen LogP contribution in [0, 0.1) is 0 Å². The first kappa shape index (κ1) is 14.8. The van der Waals surface area contributed by atoms with Crippen molar-refractivity contribution < 1.29 is 0 Å². The Bertz CT molecular complexity index is 382. The van der Waals surface area contributed by atoms with Gasteiger partial charge in [-0.2, -0.15) is 0 Å². The van der Waals surface area contributed by atoms with Gasteiger partial charge in [0.25, 0.3) is 0 Å². The van der Waals surface area contributed by atoms with Crippen LogP contribution in [0.25, 0.3) is 0 Å². The molecule has 2 rings (SSSR count). The fourth-order valence-corrected chi connectivity index (χ4v) is 2.61. The molecule has 1 aromatic carbocycles. The highest BCUT2D eigenvalue weighted by atomic mass is 35.5. The second-order valence-corrected chi connectivity index (χ2v) is 5.41. The van der Waals surface area contributed by atoms with Crippen LogP contribution in [0.4, 0.5) is 0 Å². The van der Waals surface area contributed by atoms with Crippen molar-refractivity contribution in [2.75, 3.05) is 19.6 Å². The number of nitrogens with two attached hydrogens (primary N) is 1. The molecule has 0 amide bonds. The molecule has 2 unspecified atom stereocenters. The molecule has 0 saturated carbocycles. The first-order valence-corrected chi connectivity index (χ1v) is 7.29. The van der Waals surface area contributed by atoms with E-state index in [2.05, 4.69) is 34.6 Å². The molecule has 1 aromatic rings. The maximum absolute atomic E-state index is 6.15. The van der Waals surface area contributed by atoms with Gasteiger partial charge in [0.05, 0.1) is 12.3 Å². The summed E-state index contributed by atoms with van der Waals surface area (Å²) in [6.45, 7) is 5.99. The van der Waals surface area contributed by atoms with Crippen molar-refractivity contribution in [1.29, 1.82) is 0 Å². The summed E-state index contributed by atoms with van der Waals surface area (Å²) in [5.41, 5.74) is 7.41. The van der Waals surface area contributed by atoms with Crippen LogP contribution in [0.15, 0.2) is 24.3 Å². The molecule has 4 N–H and O–H groups in total. The molecule has 0 spiro atoms. The molecule has 106 valence electrons. The van der Waals surface area contributed by atoms with Crippen molar-refractivity contribution in [3.8, 4) is 0 Å². The van der Waals surface area contributed by atoms with Crippen LogP contribution < -0.4 is 16.4 Å². The minimum atomic E-state index is -0.0207. The zero-order valence-electron chi connectivity index (χ0n) is 11.4. The quantitative estimate of drug-likeness (QED) is 0.763. The van der Waals surface area contributed by atoms with Gasteiger partial charge in [-0.1, -0.05) is 30.7 Å². The molecule has 5 heteroatoms. The Hall–Kier alpha value is -0.650. The van der Waals surface area contributed by atoms with Crippen LogP contribution >= 0.6 is 11.6 Å². The molecular formula is C14H23ClN4. The van der Waals surface area contributed by atoms with Crippen molar-refractivity contribution in [3.05, 3.63) is 34.9 Å².